The maximum atomic E-state index is 12.8. The number of ether oxygens (including phenoxy) is 3. The molecule has 0 saturated heterocycles. The molecule has 0 aromatic rings. The number of unbranched alkanes of at least 4 members (excludes halogenated alkanes) is 24. The van der Waals surface area contributed by atoms with Crippen LogP contribution in [0.1, 0.15) is 284 Å². The average Bonchev–Trinajstić information content (AvgIpc) is 3.44. The summed E-state index contributed by atoms with van der Waals surface area (Å²) < 4.78 is 16.8. The average molecular weight is 1080 g/mol. The van der Waals surface area contributed by atoms with E-state index in [-0.39, 0.29) is 31.1 Å². The molecule has 0 heterocycles. The van der Waals surface area contributed by atoms with Crippen molar-refractivity contribution in [3.8, 4) is 0 Å². The number of allylic oxidation sites excluding steroid dienone is 22. The third kappa shape index (κ3) is 62.4. The molecule has 78 heavy (non-hydrogen) atoms. The van der Waals surface area contributed by atoms with Crippen LogP contribution >= 0.6 is 0 Å². The van der Waals surface area contributed by atoms with Crippen LogP contribution in [0.5, 0.6) is 0 Å². The zero-order chi connectivity index (χ0) is 56.4. The summed E-state index contributed by atoms with van der Waals surface area (Å²) in [6, 6.07) is 0. The minimum atomic E-state index is -0.792. The van der Waals surface area contributed by atoms with Gasteiger partial charge in [0, 0.05) is 19.3 Å². The van der Waals surface area contributed by atoms with Gasteiger partial charge >= 0.3 is 17.9 Å². The zero-order valence-electron chi connectivity index (χ0n) is 50.6. The molecule has 0 bridgehead atoms. The summed E-state index contributed by atoms with van der Waals surface area (Å²) in [6.07, 6.45) is 91.9. The third-order valence-corrected chi connectivity index (χ3v) is 13.4. The van der Waals surface area contributed by atoms with Gasteiger partial charge in [-0.05, 0) is 122 Å². The Balaban J connectivity index is 4.23. The van der Waals surface area contributed by atoms with Crippen molar-refractivity contribution in [1.29, 1.82) is 0 Å². The molecule has 0 saturated carbocycles. The molecule has 442 valence electrons. The summed E-state index contributed by atoms with van der Waals surface area (Å²) >= 11 is 0. The van der Waals surface area contributed by atoms with E-state index in [0.29, 0.717) is 19.3 Å². The van der Waals surface area contributed by atoms with Crippen LogP contribution < -0.4 is 0 Å². The third-order valence-electron chi connectivity index (χ3n) is 13.4. The molecule has 0 radical (unpaired) electrons. The van der Waals surface area contributed by atoms with Crippen LogP contribution in [0.3, 0.4) is 0 Å². The van der Waals surface area contributed by atoms with Crippen molar-refractivity contribution < 1.29 is 28.6 Å². The molecule has 0 rings (SSSR count). The van der Waals surface area contributed by atoms with Gasteiger partial charge in [-0.2, -0.15) is 0 Å². The number of hydrogen-bond acceptors (Lipinski definition) is 6. The fourth-order valence-electron chi connectivity index (χ4n) is 8.58. The SMILES string of the molecule is CC/C=C\C/C=C\C/C=C\C/C=C\C/C=C\C/C=C\C/C=C\C/C=C\C/C=C\C/C=C\CCCCCCC(=O)OCC(COC(=O)CCCCCCCCCC)OC(=O)CCCCCCCCC/C=C\CCCCCCCC. The summed E-state index contributed by atoms with van der Waals surface area (Å²) in [5.74, 6) is -0.923. The first kappa shape index (κ1) is 73.5. The molecule has 0 amide bonds. The number of hydrogen-bond donors (Lipinski definition) is 0. The van der Waals surface area contributed by atoms with Crippen LogP contribution in [0.25, 0.3) is 0 Å². The van der Waals surface area contributed by atoms with E-state index in [4.69, 9.17) is 14.2 Å². The van der Waals surface area contributed by atoms with E-state index in [9.17, 15) is 14.4 Å². The Labute approximate surface area is 481 Å². The molecule has 0 aliphatic carbocycles. The van der Waals surface area contributed by atoms with Crippen LogP contribution in [-0.4, -0.2) is 37.2 Å². The highest BCUT2D eigenvalue weighted by molar-refractivity contribution is 5.71. The molecule has 1 atom stereocenters. The lowest BCUT2D eigenvalue weighted by atomic mass is 10.1. The molecular weight excluding hydrogens is 961 g/mol. The van der Waals surface area contributed by atoms with Crippen LogP contribution in [0.15, 0.2) is 134 Å². The van der Waals surface area contributed by atoms with Gasteiger partial charge in [0.1, 0.15) is 13.2 Å². The minimum absolute atomic E-state index is 0.0887. The highest BCUT2D eigenvalue weighted by Crippen LogP contribution is 2.15. The second-order valence-corrected chi connectivity index (χ2v) is 20.9. The predicted molar refractivity (Wildman–Crippen MR) is 339 cm³/mol. The van der Waals surface area contributed by atoms with Crippen molar-refractivity contribution >= 4 is 17.9 Å². The molecule has 0 aromatic carbocycles. The number of esters is 3. The van der Waals surface area contributed by atoms with Crippen LogP contribution in [0.4, 0.5) is 0 Å². The van der Waals surface area contributed by atoms with Crippen LogP contribution in [0, 0.1) is 0 Å². The first-order valence-corrected chi connectivity index (χ1v) is 32.2. The second-order valence-electron chi connectivity index (χ2n) is 20.9. The normalized spacial score (nSPS) is 13.0. The van der Waals surface area contributed by atoms with Gasteiger partial charge in [-0.15, -0.1) is 0 Å². The maximum Gasteiger partial charge on any atom is 0.306 e. The van der Waals surface area contributed by atoms with Crippen molar-refractivity contribution in [1.82, 2.24) is 0 Å². The number of carbonyl (C=O) groups is 3. The summed E-state index contributed by atoms with van der Waals surface area (Å²) in [4.78, 5) is 38.1. The summed E-state index contributed by atoms with van der Waals surface area (Å²) in [6.45, 7) is 6.47. The Hall–Kier alpha value is -4.45. The van der Waals surface area contributed by atoms with E-state index in [1.54, 1.807) is 0 Å². The highest BCUT2D eigenvalue weighted by Gasteiger charge is 2.19. The lowest BCUT2D eigenvalue weighted by molar-refractivity contribution is -0.167. The molecule has 0 aliphatic rings. The number of carbonyl (C=O) groups excluding carboxylic acids is 3. The first-order valence-electron chi connectivity index (χ1n) is 32.2. The molecule has 6 heteroatoms. The van der Waals surface area contributed by atoms with E-state index in [1.165, 1.54) is 109 Å². The predicted octanol–water partition coefficient (Wildman–Crippen LogP) is 22.2. The van der Waals surface area contributed by atoms with Crippen molar-refractivity contribution in [2.24, 2.45) is 0 Å². The summed E-state index contributed by atoms with van der Waals surface area (Å²) in [5.41, 5.74) is 0. The van der Waals surface area contributed by atoms with Gasteiger partial charge in [0.15, 0.2) is 6.10 Å². The van der Waals surface area contributed by atoms with Gasteiger partial charge < -0.3 is 14.2 Å². The minimum Gasteiger partial charge on any atom is -0.462 e. The van der Waals surface area contributed by atoms with E-state index >= 15 is 0 Å². The van der Waals surface area contributed by atoms with Crippen molar-refractivity contribution in [3.63, 3.8) is 0 Å². The highest BCUT2D eigenvalue weighted by atomic mass is 16.6. The molecule has 1 unspecified atom stereocenters. The lowest BCUT2D eigenvalue weighted by Gasteiger charge is -2.18. The quantitative estimate of drug-likeness (QED) is 0.0261. The van der Waals surface area contributed by atoms with Crippen molar-refractivity contribution in [2.75, 3.05) is 13.2 Å². The smallest absolute Gasteiger partial charge is 0.306 e. The topological polar surface area (TPSA) is 78.9 Å². The van der Waals surface area contributed by atoms with Gasteiger partial charge in [-0.25, -0.2) is 0 Å². The fraction of sp³-hybridized carbons (Fsp3) is 0.653. The number of rotatable bonds is 57. The first-order chi connectivity index (χ1) is 38.5. The second kappa shape index (κ2) is 65.1. The Morgan fingerprint density at radius 3 is 0.795 bits per heavy atom. The molecule has 0 spiro atoms. The monoisotopic (exact) mass is 1080 g/mol. The van der Waals surface area contributed by atoms with E-state index in [1.807, 2.05) is 0 Å². The Morgan fingerprint density at radius 2 is 0.500 bits per heavy atom. The Bertz CT molecular complexity index is 1670. The van der Waals surface area contributed by atoms with E-state index in [2.05, 4.69) is 154 Å². The largest absolute Gasteiger partial charge is 0.462 e. The summed E-state index contributed by atoms with van der Waals surface area (Å²) in [7, 11) is 0. The van der Waals surface area contributed by atoms with Crippen molar-refractivity contribution in [3.05, 3.63) is 134 Å². The molecule has 0 fully saturated rings. The molecule has 0 N–H and O–H groups in total. The summed E-state index contributed by atoms with van der Waals surface area (Å²) in [5, 5.41) is 0. The van der Waals surface area contributed by atoms with Gasteiger partial charge in [0.05, 0.1) is 0 Å². The standard InChI is InChI=1S/C72H118O6/c1-4-7-10-13-16-19-21-23-25-27-28-29-30-31-32-33-34-35-36-37-38-39-40-41-42-43-44-46-47-49-51-53-56-59-62-65-71(74)77-68-69(67-76-70(73)64-61-58-55-18-15-12-9-6-3)78-72(75)66-63-60-57-54-52-50-48-45-26-24-22-20-17-14-11-8-5-2/h7,10,16,19,23-26,28-29,31-32,34-35,37-38,40-41,43-44,47,49,69H,4-6,8-9,11-15,17-18,20-22,27,30,33,36,39,42,45-46,48,50-68H2,1-3H3/b10-7-,19-16-,25-23-,26-24-,29-28-,32-31-,35-34-,38-37-,41-40-,44-43-,49-47-. The van der Waals surface area contributed by atoms with Crippen LogP contribution in [-0.2, 0) is 28.6 Å². The Kier molecular flexibility index (Phi) is 61.4. The molecule has 0 aliphatic heterocycles. The van der Waals surface area contributed by atoms with Crippen LogP contribution in [0.2, 0.25) is 0 Å². The molecule has 0 aromatic heterocycles. The fourth-order valence-corrected chi connectivity index (χ4v) is 8.58. The molecular formula is C72H118O6. The molecule has 6 nitrogen and oxygen atoms in total. The van der Waals surface area contributed by atoms with Gasteiger partial charge in [-0.1, -0.05) is 276 Å². The maximum absolute atomic E-state index is 12.8. The van der Waals surface area contributed by atoms with E-state index < -0.39 is 6.10 Å². The van der Waals surface area contributed by atoms with Gasteiger partial charge in [0.25, 0.3) is 0 Å². The van der Waals surface area contributed by atoms with Crippen molar-refractivity contribution in [2.45, 2.75) is 290 Å². The van der Waals surface area contributed by atoms with Gasteiger partial charge in [-0.3, -0.25) is 14.4 Å². The Morgan fingerprint density at radius 1 is 0.269 bits per heavy atom. The zero-order valence-corrected chi connectivity index (χ0v) is 50.6. The van der Waals surface area contributed by atoms with E-state index in [0.717, 1.165) is 135 Å². The van der Waals surface area contributed by atoms with Gasteiger partial charge in [0.2, 0.25) is 0 Å². The lowest BCUT2D eigenvalue weighted by Crippen LogP contribution is -2.30.